The van der Waals surface area contributed by atoms with Crippen LogP contribution in [0.3, 0.4) is 0 Å². The highest BCUT2D eigenvalue weighted by Crippen LogP contribution is 2.19. The van der Waals surface area contributed by atoms with Crippen molar-refractivity contribution in [2.75, 3.05) is 13.1 Å². The third-order valence-electron chi connectivity index (χ3n) is 3.53. The van der Waals surface area contributed by atoms with Crippen molar-refractivity contribution in [3.05, 3.63) is 22.4 Å². The highest BCUT2D eigenvalue weighted by atomic mass is 32.1. The van der Waals surface area contributed by atoms with Gasteiger partial charge in [0.15, 0.2) is 0 Å². The van der Waals surface area contributed by atoms with E-state index in [9.17, 15) is 9.59 Å². The molecular formula is C15H21NO3S. The van der Waals surface area contributed by atoms with Crippen LogP contribution in [0.2, 0.25) is 0 Å². The maximum Gasteiger partial charge on any atom is 0.311 e. The summed E-state index contributed by atoms with van der Waals surface area (Å²) in [5.41, 5.74) is 1.03. The summed E-state index contributed by atoms with van der Waals surface area (Å²) in [4.78, 5) is 25.8. The smallest absolute Gasteiger partial charge is 0.311 e. The van der Waals surface area contributed by atoms with Crippen LogP contribution in [0.4, 0.5) is 0 Å². The summed E-state index contributed by atoms with van der Waals surface area (Å²) in [6.07, 6.45) is 3.12. The van der Waals surface area contributed by atoms with E-state index in [0.29, 0.717) is 19.6 Å². The third kappa shape index (κ3) is 4.07. The molecule has 1 saturated heterocycles. The Morgan fingerprint density at radius 3 is 3.05 bits per heavy atom. The van der Waals surface area contributed by atoms with Gasteiger partial charge in [-0.3, -0.25) is 9.59 Å². The number of hydrogen-bond acceptors (Lipinski definition) is 4. The second-order valence-corrected chi connectivity index (χ2v) is 5.95. The monoisotopic (exact) mass is 295 g/mol. The second-order valence-electron chi connectivity index (χ2n) is 5.17. The molecule has 0 saturated carbocycles. The second kappa shape index (κ2) is 7.43. The molecule has 1 amide bonds. The van der Waals surface area contributed by atoms with Crippen molar-refractivity contribution in [2.24, 2.45) is 5.92 Å². The summed E-state index contributed by atoms with van der Waals surface area (Å²) in [7, 11) is 0. The van der Waals surface area contributed by atoms with Gasteiger partial charge in [-0.05, 0) is 36.1 Å². The largest absolute Gasteiger partial charge is 0.461 e. The molecule has 0 unspecified atom stereocenters. The van der Waals surface area contributed by atoms with Gasteiger partial charge in [0.25, 0.3) is 0 Å². The lowest BCUT2D eigenvalue weighted by Gasteiger charge is -2.31. The molecule has 4 nitrogen and oxygen atoms in total. The maximum absolute atomic E-state index is 12.1. The lowest BCUT2D eigenvalue weighted by Crippen LogP contribution is -2.42. The molecule has 0 aromatic carbocycles. The molecule has 1 aliphatic heterocycles. The van der Waals surface area contributed by atoms with Crippen LogP contribution in [0.5, 0.6) is 0 Å². The Labute approximate surface area is 123 Å². The first kappa shape index (κ1) is 15.0. The van der Waals surface area contributed by atoms with Crippen molar-refractivity contribution in [2.45, 2.75) is 39.2 Å². The van der Waals surface area contributed by atoms with Gasteiger partial charge in [0.1, 0.15) is 6.61 Å². The highest BCUT2D eigenvalue weighted by molar-refractivity contribution is 7.07. The highest BCUT2D eigenvalue weighted by Gasteiger charge is 2.29. The van der Waals surface area contributed by atoms with Crippen LogP contribution in [-0.4, -0.2) is 29.9 Å². The Morgan fingerprint density at radius 2 is 2.35 bits per heavy atom. The van der Waals surface area contributed by atoms with Crippen LogP contribution >= 0.6 is 11.3 Å². The molecule has 2 heterocycles. The molecule has 0 aliphatic carbocycles. The molecule has 1 atom stereocenters. The Kier molecular flexibility index (Phi) is 5.59. The zero-order chi connectivity index (χ0) is 14.4. The van der Waals surface area contributed by atoms with Crippen molar-refractivity contribution in [1.82, 2.24) is 4.90 Å². The molecule has 1 aliphatic rings. The minimum absolute atomic E-state index is 0.155. The predicted octanol–water partition coefficient (Wildman–Crippen LogP) is 2.83. The molecule has 1 fully saturated rings. The van der Waals surface area contributed by atoms with E-state index < -0.39 is 0 Å². The van der Waals surface area contributed by atoms with Gasteiger partial charge in [0.05, 0.1) is 5.92 Å². The first-order chi connectivity index (χ1) is 9.70. The van der Waals surface area contributed by atoms with Gasteiger partial charge in [-0.1, -0.05) is 6.92 Å². The number of thiophene rings is 1. The number of likely N-dealkylation sites (tertiary alicyclic amines) is 1. The fraction of sp³-hybridized carbons (Fsp3) is 0.600. The van der Waals surface area contributed by atoms with Crippen LogP contribution in [0.1, 0.15) is 38.2 Å². The third-order valence-corrected chi connectivity index (χ3v) is 4.26. The standard InChI is InChI=1S/C15H21NO3S/c1-2-4-14(17)16-7-3-5-13(9-16)15(18)19-10-12-6-8-20-11-12/h6,8,11,13H,2-5,7,9-10H2,1H3/t13-/m0/s1. The summed E-state index contributed by atoms with van der Waals surface area (Å²) in [6.45, 7) is 3.62. The minimum Gasteiger partial charge on any atom is -0.461 e. The van der Waals surface area contributed by atoms with E-state index in [4.69, 9.17) is 4.74 Å². The average Bonchev–Trinajstić information content (AvgIpc) is 2.98. The Hall–Kier alpha value is -1.36. The number of amides is 1. The van der Waals surface area contributed by atoms with E-state index in [0.717, 1.165) is 31.4 Å². The van der Waals surface area contributed by atoms with Crippen LogP contribution in [0, 0.1) is 5.92 Å². The molecular weight excluding hydrogens is 274 g/mol. The topological polar surface area (TPSA) is 46.6 Å². The predicted molar refractivity (Wildman–Crippen MR) is 78.3 cm³/mol. The van der Waals surface area contributed by atoms with Crippen LogP contribution in [-0.2, 0) is 20.9 Å². The van der Waals surface area contributed by atoms with E-state index in [1.54, 1.807) is 11.3 Å². The minimum atomic E-state index is -0.176. The van der Waals surface area contributed by atoms with Crippen LogP contribution in [0.25, 0.3) is 0 Å². The molecule has 2 rings (SSSR count). The first-order valence-corrected chi connectivity index (χ1v) is 8.10. The van der Waals surface area contributed by atoms with Crippen molar-refractivity contribution in [3.63, 3.8) is 0 Å². The first-order valence-electron chi connectivity index (χ1n) is 7.16. The molecule has 0 radical (unpaired) electrons. The molecule has 110 valence electrons. The molecule has 1 aromatic heterocycles. The molecule has 0 bridgehead atoms. The van der Waals surface area contributed by atoms with E-state index >= 15 is 0 Å². The zero-order valence-corrected chi connectivity index (χ0v) is 12.7. The summed E-state index contributed by atoms with van der Waals surface area (Å²) >= 11 is 1.59. The van der Waals surface area contributed by atoms with Crippen molar-refractivity contribution < 1.29 is 14.3 Å². The number of esters is 1. The van der Waals surface area contributed by atoms with Gasteiger partial charge in [0, 0.05) is 25.1 Å². The van der Waals surface area contributed by atoms with Crippen molar-refractivity contribution >= 4 is 23.2 Å². The lowest BCUT2D eigenvalue weighted by atomic mass is 9.98. The Balaban J connectivity index is 1.81. The fourth-order valence-corrected chi connectivity index (χ4v) is 3.07. The van der Waals surface area contributed by atoms with E-state index in [1.165, 1.54) is 0 Å². The van der Waals surface area contributed by atoms with E-state index in [-0.39, 0.29) is 17.8 Å². The molecule has 20 heavy (non-hydrogen) atoms. The van der Waals surface area contributed by atoms with Crippen LogP contribution in [0.15, 0.2) is 16.8 Å². The molecule has 5 heteroatoms. The summed E-state index contributed by atoms with van der Waals surface area (Å²) in [5.74, 6) is -0.184. The normalized spacial score (nSPS) is 18.9. The zero-order valence-electron chi connectivity index (χ0n) is 11.8. The summed E-state index contributed by atoms with van der Waals surface area (Å²) < 4.78 is 5.34. The lowest BCUT2D eigenvalue weighted by molar-refractivity contribution is -0.153. The Morgan fingerprint density at radius 1 is 1.50 bits per heavy atom. The fourth-order valence-electron chi connectivity index (χ4n) is 2.42. The van der Waals surface area contributed by atoms with Crippen molar-refractivity contribution in [1.29, 1.82) is 0 Å². The number of carbonyl (C=O) groups is 2. The number of hydrogen-bond donors (Lipinski definition) is 0. The number of piperidine rings is 1. The van der Waals surface area contributed by atoms with Gasteiger partial charge >= 0.3 is 5.97 Å². The summed E-state index contributed by atoms with van der Waals surface area (Å²) in [5, 5.41) is 3.94. The van der Waals surface area contributed by atoms with Crippen molar-refractivity contribution in [3.8, 4) is 0 Å². The van der Waals surface area contributed by atoms with E-state index in [2.05, 4.69) is 0 Å². The van der Waals surface area contributed by atoms with Gasteiger partial charge in [-0.15, -0.1) is 0 Å². The van der Waals surface area contributed by atoms with Gasteiger partial charge in [-0.2, -0.15) is 11.3 Å². The van der Waals surface area contributed by atoms with Gasteiger partial charge in [0.2, 0.25) is 5.91 Å². The molecule has 0 spiro atoms. The SMILES string of the molecule is CCCC(=O)N1CCC[C@H](C(=O)OCc2ccsc2)C1. The number of rotatable bonds is 5. The maximum atomic E-state index is 12.1. The van der Waals surface area contributed by atoms with Gasteiger partial charge < -0.3 is 9.64 Å². The molecule has 0 N–H and O–H groups in total. The summed E-state index contributed by atoms with van der Waals surface area (Å²) in [6, 6.07) is 1.95. The Bertz CT molecular complexity index is 444. The number of nitrogens with zero attached hydrogens (tertiary/aromatic N) is 1. The molecule has 1 aromatic rings. The average molecular weight is 295 g/mol. The number of ether oxygens (including phenoxy) is 1. The van der Waals surface area contributed by atoms with E-state index in [1.807, 2.05) is 28.7 Å². The van der Waals surface area contributed by atoms with Crippen LogP contribution < -0.4 is 0 Å². The van der Waals surface area contributed by atoms with Gasteiger partial charge in [-0.25, -0.2) is 0 Å². The quantitative estimate of drug-likeness (QED) is 0.785. The number of carbonyl (C=O) groups excluding carboxylic acids is 2.